The SMILES string of the molecule is CC(=O)NCCCN(CC(C)C(=O)O)C(C)C. The van der Waals surface area contributed by atoms with Gasteiger partial charge in [0.2, 0.25) is 5.91 Å². The molecule has 1 amide bonds. The summed E-state index contributed by atoms with van der Waals surface area (Å²) in [6, 6.07) is 0.314. The molecule has 17 heavy (non-hydrogen) atoms. The van der Waals surface area contributed by atoms with E-state index in [2.05, 4.69) is 10.2 Å². The molecule has 0 aliphatic heterocycles. The molecule has 0 aromatic rings. The number of aliphatic carboxylic acids is 1. The highest BCUT2D eigenvalue weighted by Crippen LogP contribution is 2.05. The highest BCUT2D eigenvalue weighted by molar-refractivity contribution is 5.72. The lowest BCUT2D eigenvalue weighted by atomic mass is 10.1. The van der Waals surface area contributed by atoms with E-state index < -0.39 is 5.97 Å². The summed E-state index contributed by atoms with van der Waals surface area (Å²) in [4.78, 5) is 23.6. The molecule has 0 aliphatic rings. The van der Waals surface area contributed by atoms with E-state index in [1.165, 1.54) is 6.92 Å². The maximum absolute atomic E-state index is 10.8. The third-order valence-electron chi connectivity index (χ3n) is 2.66. The number of carbonyl (C=O) groups is 2. The zero-order chi connectivity index (χ0) is 13.4. The van der Waals surface area contributed by atoms with Crippen LogP contribution in [0.2, 0.25) is 0 Å². The van der Waals surface area contributed by atoms with Crippen molar-refractivity contribution < 1.29 is 14.7 Å². The highest BCUT2D eigenvalue weighted by atomic mass is 16.4. The maximum Gasteiger partial charge on any atom is 0.307 e. The van der Waals surface area contributed by atoms with Crippen LogP contribution in [0.25, 0.3) is 0 Å². The number of hydrogen-bond acceptors (Lipinski definition) is 3. The molecule has 0 saturated heterocycles. The van der Waals surface area contributed by atoms with Gasteiger partial charge in [0.25, 0.3) is 0 Å². The quantitative estimate of drug-likeness (QED) is 0.624. The van der Waals surface area contributed by atoms with Gasteiger partial charge in [0, 0.05) is 32.6 Å². The summed E-state index contributed by atoms with van der Waals surface area (Å²) >= 11 is 0. The van der Waals surface area contributed by atoms with Gasteiger partial charge < -0.3 is 15.3 Å². The standard InChI is InChI=1S/C12H24N2O3/c1-9(2)14(8-10(3)12(16)17)7-5-6-13-11(4)15/h9-10H,5-8H2,1-4H3,(H,13,15)(H,16,17). The molecule has 100 valence electrons. The predicted molar refractivity (Wildman–Crippen MR) is 66.8 cm³/mol. The lowest BCUT2D eigenvalue weighted by Gasteiger charge is -2.28. The van der Waals surface area contributed by atoms with Crippen molar-refractivity contribution in [1.82, 2.24) is 10.2 Å². The lowest BCUT2D eigenvalue weighted by Crippen LogP contribution is -2.38. The summed E-state index contributed by atoms with van der Waals surface area (Å²) in [7, 11) is 0. The first-order valence-electron chi connectivity index (χ1n) is 6.06. The molecule has 5 nitrogen and oxygen atoms in total. The summed E-state index contributed by atoms with van der Waals surface area (Å²) in [5, 5.41) is 11.6. The summed E-state index contributed by atoms with van der Waals surface area (Å²) in [6.07, 6.45) is 0.837. The average Bonchev–Trinajstić information content (AvgIpc) is 2.21. The van der Waals surface area contributed by atoms with Gasteiger partial charge in [0.05, 0.1) is 5.92 Å². The van der Waals surface area contributed by atoms with Gasteiger partial charge in [-0.2, -0.15) is 0 Å². The number of amides is 1. The van der Waals surface area contributed by atoms with Crippen molar-refractivity contribution in [2.24, 2.45) is 5.92 Å². The molecule has 0 radical (unpaired) electrons. The second-order valence-corrected chi connectivity index (χ2v) is 4.66. The van der Waals surface area contributed by atoms with E-state index in [-0.39, 0.29) is 11.8 Å². The molecular formula is C12H24N2O3. The van der Waals surface area contributed by atoms with Gasteiger partial charge in [0.15, 0.2) is 0 Å². The zero-order valence-electron chi connectivity index (χ0n) is 11.2. The average molecular weight is 244 g/mol. The van der Waals surface area contributed by atoms with E-state index in [9.17, 15) is 9.59 Å². The zero-order valence-corrected chi connectivity index (χ0v) is 11.2. The molecule has 0 aromatic carbocycles. The van der Waals surface area contributed by atoms with Gasteiger partial charge in [-0.1, -0.05) is 6.92 Å². The lowest BCUT2D eigenvalue weighted by molar-refractivity contribution is -0.141. The van der Waals surface area contributed by atoms with Gasteiger partial charge in [-0.15, -0.1) is 0 Å². The molecule has 1 atom stereocenters. The van der Waals surface area contributed by atoms with Gasteiger partial charge in [-0.3, -0.25) is 9.59 Å². The Morgan fingerprint density at radius 3 is 2.29 bits per heavy atom. The van der Waals surface area contributed by atoms with E-state index in [0.29, 0.717) is 19.1 Å². The molecule has 1 unspecified atom stereocenters. The Bertz CT molecular complexity index is 254. The highest BCUT2D eigenvalue weighted by Gasteiger charge is 2.17. The number of hydrogen-bond donors (Lipinski definition) is 2. The van der Waals surface area contributed by atoms with Crippen LogP contribution in [-0.2, 0) is 9.59 Å². The van der Waals surface area contributed by atoms with Crippen LogP contribution in [0.1, 0.15) is 34.1 Å². The molecule has 0 aliphatic carbocycles. The molecule has 2 N–H and O–H groups in total. The van der Waals surface area contributed by atoms with Crippen LogP contribution in [0.3, 0.4) is 0 Å². The van der Waals surface area contributed by atoms with Crippen molar-refractivity contribution >= 4 is 11.9 Å². The molecule has 0 aromatic heterocycles. The second-order valence-electron chi connectivity index (χ2n) is 4.66. The predicted octanol–water partition coefficient (Wildman–Crippen LogP) is 0.944. The van der Waals surface area contributed by atoms with Gasteiger partial charge in [-0.25, -0.2) is 0 Å². The van der Waals surface area contributed by atoms with Crippen molar-refractivity contribution in [1.29, 1.82) is 0 Å². The normalized spacial score (nSPS) is 12.8. The number of carbonyl (C=O) groups excluding carboxylic acids is 1. The largest absolute Gasteiger partial charge is 0.481 e. The van der Waals surface area contributed by atoms with E-state index >= 15 is 0 Å². The number of carboxylic acids is 1. The smallest absolute Gasteiger partial charge is 0.307 e. The van der Waals surface area contributed by atoms with Crippen LogP contribution < -0.4 is 5.32 Å². The number of rotatable bonds is 8. The summed E-state index contributed by atoms with van der Waals surface area (Å²) in [5.74, 6) is -1.16. The van der Waals surface area contributed by atoms with Crippen molar-refractivity contribution in [2.45, 2.75) is 40.2 Å². The van der Waals surface area contributed by atoms with Gasteiger partial charge in [0.1, 0.15) is 0 Å². The van der Waals surface area contributed by atoms with Crippen molar-refractivity contribution in [3.8, 4) is 0 Å². The Kier molecular flexibility index (Phi) is 7.54. The minimum Gasteiger partial charge on any atom is -0.481 e. The monoisotopic (exact) mass is 244 g/mol. The van der Waals surface area contributed by atoms with Gasteiger partial charge >= 0.3 is 5.97 Å². The first-order chi connectivity index (χ1) is 7.84. The molecular weight excluding hydrogens is 220 g/mol. The number of carboxylic acid groups (broad SMARTS) is 1. The molecule has 5 heteroatoms. The minimum atomic E-state index is -0.766. The topological polar surface area (TPSA) is 69.6 Å². The van der Waals surface area contributed by atoms with Crippen LogP contribution in [0.5, 0.6) is 0 Å². The number of nitrogens with zero attached hydrogens (tertiary/aromatic N) is 1. The van der Waals surface area contributed by atoms with Crippen molar-refractivity contribution in [2.75, 3.05) is 19.6 Å². The van der Waals surface area contributed by atoms with E-state index in [1.54, 1.807) is 6.92 Å². The maximum atomic E-state index is 10.8. The summed E-state index contributed by atoms with van der Waals surface area (Å²) in [6.45, 7) is 9.29. The van der Waals surface area contributed by atoms with Crippen LogP contribution in [0.15, 0.2) is 0 Å². The fourth-order valence-electron chi connectivity index (χ4n) is 1.54. The first kappa shape index (κ1) is 15.9. The Morgan fingerprint density at radius 1 is 1.29 bits per heavy atom. The van der Waals surface area contributed by atoms with Crippen LogP contribution in [0, 0.1) is 5.92 Å². The fraction of sp³-hybridized carbons (Fsp3) is 0.833. The Morgan fingerprint density at radius 2 is 1.88 bits per heavy atom. The fourth-order valence-corrected chi connectivity index (χ4v) is 1.54. The molecule has 0 heterocycles. The number of nitrogens with one attached hydrogen (secondary N) is 1. The molecule has 0 rings (SSSR count). The van der Waals surface area contributed by atoms with Gasteiger partial charge in [-0.05, 0) is 20.3 Å². The molecule has 0 bridgehead atoms. The Hall–Kier alpha value is -1.10. The van der Waals surface area contributed by atoms with E-state index in [4.69, 9.17) is 5.11 Å². The van der Waals surface area contributed by atoms with Crippen LogP contribution in [-0.4, -0.2) is 47.6 Å². The second kappa shape index (κ2) is 8.06. The Labute approximate surface area is 103 Å². The van der Waals surface area contributed by atoms with E-state index in [1.807, 2.05) is 13.8 Å². The Balaban J connectivity index is 3.99. The first-order valence-corrected chi connectivity index (χ1v) is 6.06. The van der Waals surface area contributed by atoms with Crippen LogP contribution >= 0.6 is 0 Å². The summed E-state index contributed by atoms with van der Waals surface area (Å²) in [5.41, 5.74) is 0. The molecule has 0 spiro atoms. The van der Waals surface area contributed by atoms with Crippen molar-refractivity contribution in [3.63, 3.8) is 0 Å². The molecule has 0 saturated carbocycles. The molecule has 0 fully saturated rings. The minimum absolute atomic E-state index is 0.0278. The third-order valence-corrected chi connectivity index (χ3v) is 2.66. The van der Waals surface area contributed by atoms with Crippen LogP contribution in [0.4, 0.5) is 0 Å². The summed E-state index contributed by atoms with van der Waals surface area (Å²) < 4.78 is 0. The van der Waals surface area contributed by atoms with Crippen molar-refractivity contribution in [3.05, 3.63) is 0 Å². The van der Waals surface area contributed by atoms with E-state index in [0.717, 1.165) is 13.0 Å². The third kappa shape index (κ3) is 7.74.